The Labute approximate surface area is 202 Å². The Kier molecular flexibility index (Phi) is 6.49. The third-order valence-corrected chi connectivity index (χ3v) is 5.90. The number of rotatable bonds is 7. The summed E-state index contributed by atoms with van der Waals surface area (Å²) >= 11 is 0. The second-order valence-electron chi connectivity index (χ2n) is 8.50. The van der Waals surface area contributed by atoms with Gasteiger partial charge in [-0.25, -0.2) is 0 Å². The fourth-order valence-corrected chi connectivity index (χ4v) is 4.06. The molecular formula is C26H26N4O5. The summed E-state index contributed by atoms with van der Waals surface area (Å²) in [6.07, 6.45) is 0. The quantitative estimate of drug-likeness (QED) is 0.436. The zero-order valence-corrected chi connectivity index (χ0v) is 19.4. The van der Waals surface area contributed by atoms with E-state index in [1.54, 1.807) is 30.0 Å². The molecule has 2 aromatic heterocycles. The van der Waals surface area contributed by atoms with E-state index >= 15 is 0 Å². The molecule has 2 amide bonds. The van der Waals surface area contributed by atoms with Crippen molar-refractivity contribution in [2.75, 3.05) is 38.0 Å². The van der Waals surface area contributed by atoms with Gasteiger partial charge in [0.25, 0.3) is 5.91 Å². The molecule has 3 heterocycles. The van der Waals surface area contributed by atoms with Crippen LogP contribution in [0, 0.1) is 6.92 Å². The lowest BCUT2D eigenvalue weighted by Crippen LogP contribution is -2.50. The van der Waals surface area contributed by atoms with Crippen molar-refractivity contribution in [2.45, 2.75) is 13.5 Å². The van der Waals surface area contributed by atoms with Crippen LogP contribution in [-0.2, 0) is 11.4 Å². The van der Waals surface area contributed by atoms with Crippen LogP contribution < -0.4 is 10.1 Å². The van der Waals surface area contributed by atoms with Crippen LogP contribution in [0.2, 0.25) is 0 Å². The van der Waals surface area contributed by atoms with Gasteiger partial charge in [-0.05, 0) is 42.0 Å². The van der Waals surface area contributed by atoms with E-state index in [-0.39, 0.29) is 30.7 Å². The molecule has 1 fully saturated rings. The summed E-state index contributed by atoms with van der Waals surface area (Å²) in [6, 6.07) is 19.1. The largest absolute Gasteiger partial charge is 0.486 e. The van der Waals surface area contributed by atoms with Gasteiger partial charge in [0, 0.05) is 32.2 Å². The van der Waals surface area contributed by atoms with Gasteiger partial charge in [0.1, 0.15) is 23.9 Å². The lowest BCUT2D eigenvalue weighted by molar-refractivity contribution is -0.117. The van der Waals surface area contributed by atoms with Crippen LogP contribution in [0.4, 0.5) is 5.82 Å². The van der Waals surface area contributed by atoms with Gasteiger partial charge >= 0.3 is 0 Å². The van der Waals surface area contributed by atoms with Crippen LogP contribution in [0.25, 0.3) is 10.8 Å². The van der Waals surface area contributed by atoms with Crippen molar-refractivity contribution in [1.29, 1.82) is 0 Å². The molecule has 0 radical (unpaired) electrons. The molecule has 1 saturated heterocycles. The first-order valence-corrected chi connectivity index (χ1v) is 11.5. The molecular weight excluding hydrogens is 448 g/mol. The Morgan fingerprint density at radius 1 is 1.00 bits per heavy atom. The molecule has 1 N–H and O–H groups in total. The maximum Gasteiger partial charge on any atom is 0.289 e. The van der Waals surface area contributed by atoms with Crippen LogP contribution in [-0.4, -0.2) is 59.5 Å². The lowest BCUT2D eigenvalue weighted by atomic mass is 10.1. The van der Waals surface area contributed by atoms with Crippen molar-refractivity contribution in [2.24, 2.45) is 0 Å². The molecule has 9 nitrogen and oxygen atoms in total. The summed E-state index contributed by atoms with van der Waals surface area (Å²) in [4.78, 5) is 28.8. The number of carbonyl (C=O) groups is 2. The summed E-state index contributed by atoms with van der Waals surface area (Å²) < 4.78 is 16.6. The number of ether oxygens (including phenoxy) is 1. The lowest BCUT2D eigenvalue weighted by Gasteiger charge is -2.33. The van der Waals surface area contributed by atoms with E-state index in [9.17, 15) is 9.59 Å². The average Bonchev–Trinajstić information content (AvgIpc) is 3.51. The van der Waals surface area contributed by atoms with Crippen molar-refractivity contribution in [1.82, 2.24) is 15.0 Å². The predicted molar refractivity (Wildman–Crippen MR) is 129 cm³/mol. The highest BCUT2D eigenvalue weighted by atomic mass is 16.5. The number of hydrogen-bond donors (Lipinski definition) is 1. The summed E-state index contributed by atoms with van der Waals surface area (Å²) in [5.74, 6) is 2.32. The van der Waals surface area contributed by atoms with E-state index in [1.165, 1.54) is 0 Å². The van der Waals surface area contributed by atoms with Crippen LogP contribution in [0.3, 0.4) is 0 Å². The molecule has 0 spiro atoms. The number of furan rings is 1. The van der Waals surface area contributed by atoms with Gasteiger partial charge in [0.15, 0.2) is 11.6 Å². The molecule has 1 aliphatic heterocycles. The number of nitrogens with zero attached hydrogens (tertiary/aromatic N) is 3. The third kappa shape index (κ3) is 5.52. The minimum Gasteiger partial charge on any atom is -0.486 e. The first-order valence-electron chi connectivity index (χ1n) is 11.5. The summed E-state index contributed by atoms with van der Waals surface area (Å²) in [6.45, 7) is 4.44. The highest BCUT2D eigenvalue weighted by Crippen LogP contribution is 2.22. The monoisotopic (exact) mass is 474 g/mol. The van der Waals surface area contributed by atoms with Gasteiger partial charge < -0.3 is 23.9 Å². The van der Waals surface area contributed by atoms with E-state index in [2.05, 4.69) is 16.5 Å². The van der Waals surface area contributed by atoms with E-state index < -0.39 is 0 Å². The van der Waals surface area contributed by atoms with E-state index in [0.717, 1.165) is 16.5 Å². The Morgan fingerprint density at radius 2 is 1.80 bits per heavy atom. The molecule has 1 aliphatic rings. The highest BCUT2D eigenvalue weighted by Gasteiger charge is 2.25. The molecule has 0 atom stereocenters. The van der Waals surface area contributed by atoms with Crippen molar-refractivity contribution in [3.8, 4) is 5.75 Å². The number of benzene rings is 2. The number of piperazine rings is 1. The molecule has 180 valence electrons. The SMILES string of the molecule is Cc1cc(NC(=O)CN2CCN(C(=O)c3ccc(COc4ccc5ccccc5c4)o3)CC2)no1. The van der Waals surface area contributed by atoms with Crippen LogP contribution in [0.1, 0.15) is 22.1 Å². The zero-order valence-electron chi connectivity index (χ0n) is 19.4. The molecule has 2 aromatic carbocycles. The zero-order chi connectivity index (χ0) is 24.2. The molecule has 0 bridgehead atoms. The molecule has 0 saturated carbocycles. The number of nitrogens with one attached hydrogen (secondary N) is 1. The fourth-order valence-electron chi connectivity index (χ4n) is 4.06. The average molecular weight is 475 g/mol. The number of aryl methyl sites for hydroxylation is 1. The first kappa shape index (κ1) is 22.7. The molecule has 0 aliphatic carbocycles. The fraction of sp³-hybridized carbons (Fsp3) is 0.269. The number of aromatic nitrogens is 1. The molecule has 35 heavy (non-hydrogen) atoms. The van der Waals surface area contributed by atoms with E-state index in [0.29, 0.717) is 43.5 Å². The van der Waals surface area contributed by atoms with Gasteiger partial charge in [-0.2, -0.15) is 0 Å². The van der Waals surface area contributed by atoms with Crippen molar-refractivity contribution < 1.29 is 23.3 Å². The Balaban J connectivity index is 1.09. The van der Waals surface area contributed by atoms with E-state index in [4.69, 9.17) is 13.7 Å². The number of hydrogen-bond acceptors (Lipinski definition) is 7. The molecule has 4 aromatic rings. The minimum absolute atomic E-state index is 0.163. The number of fused-ring (bicyclic) bond motifs is 1. The van der Waals surface area contributed by atoms with E-state index in [1.807, 2.05) is 41.3 Å². The third-order valence-electron chi connectivity index (χ3n) is 5.90. The Hall–Kier alpha value is -4.11. The summed E-state index contributed by atoms with van der Waals surface area (Å²) in [5.41, 5.74) is 0. The Morgan fingerprint density at radius 3 is 2.57 bits per heavy atom. The molecule has 0 unspecified atom stereocenters. The first-order chi connectivity index (χ1) is 17.0. The number of carbonyl (C=O) groups excluding carboxylic acids is 2. The number of amides is 2. The van der Waals surface area contributed by atoms with Gasteiger partial charge in [-0.1, -0.05) is 35.5 Å². The van der Waals surface area contributed by atoms with Crippen LogP contribution in [0.5, 0.6) is 5.75 Å². The van der Waals surface area contributed by atoms with Crippen LogP contribution in [0.15, 0.2) is 69.6 Å². The van der Waals surface area contributed by atoms with Crippen molar-refractivity contribution >= 4 is 28.4 Å². The Bertz CT molecular complexity index is 1340. The van der Waals surface area contributed by atoms with Gasteiger partial charge in [0.2, 0.25) is 5.91 Å². The maximum absolute atomic E-state index is 12.9. The smallest absolute Gasteiger partial charge is 0.289 e. The van der Waals surface area contributed by atoms with Gasteiger partial charge in [-0.15, -0.1) is 0 Å². The topological polar surface area (TPSA) is 101 Å². The molecule has 9 heteroatoms. The predicted octanol–water partition coefficient (Wildman–Crippen LogP) is 3.70. The maximum atomic E-state index is 12.9. The molecule has 5 rings (SSSR count). The number of anilines is 1. The second-order valence-corrected chi connectivity index (χ2v) is 8.50. The van der Waals surface area contributed by atoms with Gasteiger partial charge in [0.05, 0.1) is 6.54 Å². The second kappa shape index (κ2) is 10.0. The van der Waals surface area contributed by atoms with Crippen LogP contribution >= 0.6 is 0 Å². The summed E-state index contributed by atoms with van der Waals surface area (Å²) in [5, 5.41) is 8.73. The van der Waals surface area contributed by atoms with Crippen molar-refractivity contribution in [3.63, 3.8) is 0 Å². The highest BCUT2D eigenvalue weighted by molar-refractivity contribution is 5.92. The normalized spacial score (nSPS) is 14.3. The summed E-state index contributed by atoms with van der Waals surface area (Å²) in [7, 11) is 0. The van der Waals surface area contributed by atoms with Crippen molar-refractivity contribution in [3.05, 3.63) is 77.9 Å². The van der Waals surface area contributed by atoms with Gasteiger partial charge in [-0.3, -0.25) is 14.5 Å². The minimum atomic E-state index is -0.167. The standard InChI is InChI=1S/C26H26N4O5/c1-18-14-24(28-35-18)27-25(31)16-29-10-12-30(13-11-29)26(32)23-9-8-22(34-23)17-33-21-7-6-19-4-2-3-5-20(19)15-21/h2-9,14-15H,10-13,16-17H2,1H3,(H,27,28,31).